The van der Waals surface area contributed by atoms with Crippen LogP contribution in [0.25, 0.3) is 0 Å². The summed E-state index contributed by atoms with van der Waals surface area (Å²) >= 11 is 6.04. The van der Waals surface area contributed by atoms with Gasteiger partial charge in [0.15, 0.2) is 0 Å². The minimum atomic E-state index is 0.658. The first kappa shape index (κ1) is 13.5. The normalized spacial score (nSPS) is 23.7. The third kappa shape index (κ3) is 3.52. The lowest BCUT2D eigenvalue weighted by molar-refractivity contribution is 0.272. The number of hydrogen-bond acceptors (Lipinski definition) is 3. The predicted octanol–water partition coefficient (Wildman–Crippen LogP) is 3.55. The number of pyridine rings is 1. The third-order valence-corrected chi connectivity index (χ3v) is 4.18. The van der Waals surface area contributed by atoms with Gasteiger partial charge in [0.2, 0.25) is 0 Å². The van der Waals surface area contributed by atoms with Crippen LogP contribution in [-0.2, 0) is 0 Å². The summed E-state index contributed by atoms with van der Waals surface area (Å²) in [5.41, 5.74) is 0. The molecule has 3 nitrogen and oxygen atoms in total. The number of rotatable bonds is 5. The Morgan fingerprint density at radius 1 is 1.33 bits per heavy atom. The Labute approximate surface area is 114 Å². The zero-order valence-corrected chi connectivity index (χ0v) is 11.6. The van der Waals surface area contributed by atoms with E-state index in [1.165, 1.54) is 25.7 Å². The van der Waals surface area contributed by atoms with Gasteiger partial charge in [0.05, 0.1) is 13.3 Å². The van der Waals surface area contributed by atoms with Crippen LogP contribution in [0.3, 0.4) is 0 Å². The number of halogens is 1. The highest BCUT2D eigenvalue weighted by Crippen LogP contribution is 2.31. The summed E-state index contributed by atoms with van der Waals surface area (Å²) in [5.74, 6) is 3.82. The van der Waals surface area contributed by atoms with Crippen LogP contribution in [0.1, 0.15) is 25.7 Å². The van der Waals surface area contributed by atoms with Gasteiger partial charge in [-0.05, 0) is 36.8 Å². The summed E-state index contributed by atoms with van der Waals surface area (Å²) in [4.78, 5) is 4.32. The van der Waals surface area contributed by atoms with Crippen LogP contribution in [-0.4, -0.2) is 24.5 Å². The first-order valence-corrected chi connectivity index (χ1v) is 7.17. The van der Waals surface area contributed by atoms with E-state index in [0.29, 0.717) is 11.8 Å². The molecule has 1 aromatic rings. The number of methoxy groups -OCH3 is 1. The SMILES string of the molecule is COc1ccc(NCC2CCCCC2CCl)nc1. The highest BCUT2D eigenvalue weighted by molar-refractivity contribution is 6.18. The molecule has 1 heterocycles. The molecule has 0 saturated heterocycles. The van der Waals surface area contributed by atoms with Crippen LogP contribution in [0, 0.1) is 11.8 Å². The molecule has 1 aliphatic carbocycles. The lowest BCUT2D eigenvalue weighted by Gasteiger charge is -2.30. The lowest BCUT2D eigenvalue weighted by Crippen LogP contribution is -2.27. The fourth-order valence-corrected chi connectivity index (χ4v) is 3.00. The molecule has 1 N–H and O–H groups in total. The Balaban J connectivity index is 1.85. The number of aromatic nitrogens is 1. The molecule has 1 fully saturated rings. The second-order valence-corrected chi connectivity index (χ2v) is 5.23. The van der Waals surface area contributed by atoms with Crippen molar-refractivity contribution >= 4 is 17.4 Å². The monoisotopic (exact) mass is 268 g/mol. The van der Waals surface area contributed by atoms with Gasteiger partial charge in [-0.2, -0.15) is 0 Å². The van der Waals surface area contributed by atoms with Crippen molar-refractivity contribution in [2.45, 2.75) is 25.7 Å². The second-order valence-electron chi connectivity index (χ2n) is 4.92. The van der Waals surface area contributed by atoms with Crippen molar-refractivity contribution in [1.82, 2.24) is 4.98 Å². The number of nitrogens with zero attached hydrogens (tertiary/aromatic N) is 1. The third-order valence-electron chi connectivity index (χ3n) is 3.78. The standard InChI is InChI=1S/C14H21ClN2O/c1-18-13-6-7-14(17-10-13)16-9-12-5-3-2-4-11(12)8-15/h6-7,10-12H,2-5,8-9H2,1H3,(H,16,17). The largest absolute Gasteiger partial charge is 0.495 e. The van der Waals surface area contributed by atoms with E-state index in [0.717, 1.165) is 24.0 Å². The number of alkyl halides is 1. The van der Waals surface area contributed by atoms with E-state index in [2.05, 4.69) is 10.3 Å². The zero-order valence-electron chi connectivity index (χ0n) is 10.9. The average molecular weight is 269 g/mol. The number of hydrogen-bond donors (Lipinski definition) is 1. The van der Waals surface area contributed by atoms with Crippen molar-refractivity contribution in [3.8, 4) is 5.75 Å². The second kappa shape index (κ2) is 6.83. The summed E-state index contributed by atoms with van der Waals surface area (Å²) in [7, 11) is 1.65. The van der Waals surface area contributed by atoms with E-state index < -0.39 is 0 Å². The maximum absolute atomic E-state index is 6.04. The number of ether oxygens (including phenoxy) is 1. The molecule has 1 aliphatic rings. The van der Waals surface area contributed by atoms with Gasteiger partial charge >= 0.3 is 0 Å². The predicted molar refractivity (Wildman–Crippen MR) is 75.4 cm³/mol. The van der Waals surface area contributed by atoms with E-state index >= 15 is 0 Å². The topological polar surface area (TPSA) is 34.1 Å². The Hall–Kier alpha value is -0.960. The lowest BCUT2D eigenvalue weighted by atomic mass is 9.80. The fourth-order valence-electron chi connectivity index (χ4n) is 2.60. The number of anilines is 1. The average Bonchev–Trinajstić information content (AvgIpc) is 2.46. The van der Waals surface area contributed by atoms with Gasteiger partial charge in [0.1, 0.15) is 11.6 Å². The van der Waals surface area contributed by atoms with Crippen LogP contribution < -0.4 is 10.1 Å². The molecule has 0 radical (unpaired) electrons. The zero-order chi connectivity index (χ0) is 12.8. The molecule has 2 unspecified atom stereocenters. The van der Waals surface area contributed by atoms with Crippen LogP contribution in [0.4, 0.5) is 5.82 Å². The quantitative estimate of drug-likeness (QED) is 0.830. The highest BCUT2D eigenvalue weighted by atomic mass is 35.5. The Morgan fingerprint density at radius 3 is 2.72 bits per heavy atom. The molecule has 0 aliphatic heterocycles. The van der Waals surface area contributed by atoms with Crippen molar-refractivity contribution in [1.29, 1.82) is 0 Å². The van der Waals surface area contributed by atoms with E-state index in [4.69, 9.17) is 16.3 Å². The van der Waals surface area contributed by atoms with Crippen LogP contribution in [0.2, 0.25) is 0 Å². The summed E-state index contributed by atoms with van der Waals surface area (Å²) < 4.78 is 5.09. The van der Waals surface area contributed by atoms with Crippen molar-refractivity contribution in [2.75, 3.05) is 24.9 Å². The minimum Gasteiger partial charge on any atom is -0.495 e. The van der Waals surface area contributed by atoms with E-state index in [-0.39, 0.29) is 0 Å². The van der Waals surface area contributed by atoms with Gasteiger partial charge in [0, 0.05) is 12.4 Å². The van der Waals surface area contributed by atoms with Crippen LogP contribution >= 0.6 is 11.6 Å². The molecule has 18 heavy (non-hydrogen) atoms. The number of nitrogens with one attached hydrogen (secondary N) is 1. The molecule has 0 spiro atoms. The van der Waals surface area contributed by atoms with E-state index in [1.54, 1.807) is 13.3 Å². The molecule has 4 heteroatoms. The maximum Gasteiger partial charge on any atom is 0.137 e. The molecule has 0 aromatic carbocycles. The maximum atomic E-state index is 6.04. The summed E-state index contributed by atoms with van der Waals surface area (Å²) in [6.07, 6.45) is 6.94. The molecule has 0 amide bonds. The van der Waals surface area contributed by atoms with Gasteiger partial charge < -0.3 is 10.1 Å². The fraction of sp³-hybridized carbons (Fsp3) is 0.643. The summed E-state index contributed by atoms with van der Waals surface area (Å²) in [6, 6.07) is 3.88. The van der Waals surface area contributed by atoms with Gasteiger partial charge in [-0.3, -0.25) is 0 Å². The molecular weight excluding hydrogens is 248 g/mol. The first-order chi connectivity index (χ1) is 8.83. The van der Waals surface area contributed by atoms with Crippen molar-refractivity contribution in [3.63, 3.8) is 0 Å². The molecule has 100 valence electrons. The van der Waals surface area contributed by atoms with E-state index in [1.807, 2.05) is 12.1 Å². The molecule has 2 atom stereocenters. The van der Waals surface area contributed by atoms with Gasteiger partial charge in [-0.1, -0.05) is 12.8 Å². The Kier molecular flexibility index (Phi) is 5.12. The Morgan fingerprint density at radius 2 is 2.11 bits per heavy atom. The molecule has 1 aromatic heterocycles. The van der Waals surface area contributed by atoms with Gasteiger partial charge in [0.25, 0.3) is 0 Å². The molecule has 2 rings (SSSR count). The highest BCUT2D eigenvalue weighted by Gasteiger charge is 2.23. The van der Waals surface area contributed by atoms with Gasteiger partial charge in [-0.25, -0.2) is 4.98 Å². The summed E-state index contributed by atoms with van der Waals surface area (Å²) in [5, 5.41) is 3.40. The van der Waals surface area contributed by atoms with Crippen LogP contribution in [0.5, 0.6) is 5.75 Å². The van der Waals surface area contributed by atoms with Crippen LogP contribution in [0.15, 0.2) is 18.3 Å². The van der Waals surface area contributed by atoms with Crippen molar-refractivity contribution in [2.24, 2.45) is 11.8 Å². The minimum absolute atomic E-state index is 0.658. The van der Waals surface area contributed by atoms with Crippen molar-refractivity contribution < 1.29 is 4.74 Å². The van der Waals surface area contributed by atoms with E-state index in [9.17, 15) is 0 Å². The smallest absolute Gasteiger partial charge is 0.137 e. The van der Waals surface area contributed by atoms with Crippen molar-refractivity contribution in [3.05, 3.63) is 18.3 Å². The first-order valence-electron chi connectivity index (χ1n) is 6.63. The molecule has 1 saturated carbocycles. The summed E-state index contributed by atoms with van der Waals surface area (Å²) in [6.45, 7) is 0.969. The Bertz CT molecular complexity index is 355. The molecular formula is C14H21ClN2O. The van der Waals surface area contributed by atoms with Gasteiger partial charge in [-0.15, -0.1) is 11.6 Å². The molecule has 0 bridgehead atoms.